The summed E-state index contributed by atoms with van der Waals surface area (Å²) in [6.07, 6.45) is 0. The first-order valence-electron chi connectivity index (χ1n) is 7.05. The predicted octanol–water partition coefficient (Wildman–Crippen LogP) is 4.09. The van der Waals surface area contributed by atoms with Crippen molar-refractivity contribution in [3.63, 3.8) is 0 Å². The van der Waals surface area contributed by atoms with Gasteiger partial charge in [0, 0.05) is 10.2 Å². The summed E-state index contributed by atoms with van der Waals surface area (Å²) < 4.78 is 11.2. The van der Waals surface area contributed by atoms with Crippen LogP contribution in [0.15, 0.2) is 53.0 Å². The van der Waals surface area contributed by atoms with Gasteiger partial charge in [0.2, 0.25) is 5.91 Å². The quantitative estimate of drug-likeness (QED) is 0.697. The van der Waals surface area contributed by atoms with Crippen LogP contribution in [0, 0.1) is 0 Å². The standard InChI is InChI=1S/C17H16BrNO4S/c1-22-17(21)11-24-10-16(20)19-13-4-8-15(9-5-13)23-14-6-2-12(18)3-7-14/h2-9H,10-11H2,1H3,(H,19,20). The Morgan fingerprint density at radius 3 is 2.17 bits per heavy atom. The Morgan fingerprint density at radius 2 is 1.58 bits per heavy atom. The summed E-state index contributed by atoms with van der Waals surface area (Å²) in [5.74, 6) is 1.23. The molecule has 0 bridgehead atoms. The maximum absolute atomic E-state index is 11.8. The maximum atomic E-state index is 11.8. The molecule has 0 aliphatic rings. The lowest BCUT2D eigenvalue weighted by molar-refractivity contribution is -0.137. The summed E-state index contributed by atoms with van der Waals surface area (Å²) >= 11 is 4.57. The van der Waals surface area contributed by atoms with Crippen LogP contribution < -0.4 is 10.1 Å². The third-order valence-electron chi connectivity index (χ3n) is 2.87. The highest BCUT2D eigenvalue weighted by Crippen LogP contribution is 2.24. The molecular weight excluding hydrogens is 394 g/mol. The molecule has 24 heavy (non-hydrogen) atoms. The van der Waals surface area contributed by atoms with E-state index >= 15 is 0 Å². The number of rotatable bonds is 7. The lowest BCUT2D eigenvalue weighted by atomic mass is 10.3. The second-order valence-corrected chi connectivity index (χ2v) is 6.60. The number of nitrogens with one attached hydrogen (secondary N) is 1. The molecule has 1 N–H and O–H groups in total. The smallest absolute Gasteiger partial charge is 0.315 e. The molecule has 0 saturated heterocycles. The SMILES string of the molecule is COC(=O)CSCC(=O)Nc1ccc(Oc2ccc(Br)cc2)cc1. The normalized spacial score (nSPS) is 10.1. The van der Waals surface area contributed by atoms with E-state index in [0.29, 0.717) is 11.4 Å². The second-order valence-electron chi connectivity index (χ2n) is 4.70. The number of carbonyl (C=O) groups excluding carboxylic acids is 2. The molecule has 126 valence electrons. The van der Waals surface area contributed by atoms with Gasteiger partial charge in [-0.3, -0.25) is 9.59 Å². The van der Waals surface area contributed by atoms with Gasteiger partial charge in [0.05, 0.1) is 18.6 Å². The molecule has 0 unspecified atom stereocenters. The Hall–Kier alpha value is -1.99. The highest BCUT2D eigenvalue weighted by Gasteiger charge is 2.06. The van der Waals surface area contributed by atoms with Crippen LogP contribution >= 0.6 is 27.7 Å². The van der Waals surface area contributed by atoms with Gasteiger partial charge < -0.3 is 14.8 Å². The van der Waals surface area contributed by atoms with Gasteiger partial charge >= 0.3 is 5.97 Å². The number of esters is 1. The minimum Gasteiger partial charge on any atom is -0.468 e. The first-order valence-corrected chi connectivity index (χ1v) is 8.99. The van der Waals surface area contributed by atoms with Crippen LogP contribution in [0.4, 0.5) is 5.69 Å². The molecule has 0 fully saturated rings. The van der Waals surface area contributed by atoms with Crippen molar-refractivity contribution in [1.29, 1.82) is 0 Å². The number of amides is 1. The molecular formula is C17H16BrNO4S. The molecule has 5 nitrogen and oxygen atoms in total. The van der Waals surface area contributed by atoms with E-state index in [1.807, 2.05) is 24.3 Å². The van der Waals surface area contributed by atoms with Crippen molar-refractivity contribution in [2.24, 2.45) is 0 Å². The number of ether oxygens (including phenoxy) is 2. The van der Waals surface area contributed by atoms with E-state index in [1.54, 1.807) is 24.3 Å². The first-order chi connectivity index (χ1) is 11.6. The summed E-state index contributed by atoms with van der Waals surface area (Å²) in [4.78, 5) is 22.7. The van der Waals surface area contributed by atoms with Gasteiger partial charge in [0.1, 0.15) is 11.5 Å². The number of methoxy groups -OCH3 is 1. The Balaban J connectivity index is 1.82. The lowest BCUT2D eigenvalue weighted by Crippen LogP contribution is -2.15. The van der Waals surface area contributed by atoms with Crippen LogP contribution in [0.3, 0.4) is 0 Å². The summed E-state index contributed by atoms with van der Waals surface area (Å²) in [7, 11) is 1.32. The number of carbonyl (C=O) groups is 2. The van der Waals surface area contributed by atoms with E-state index < -0.39 is 0 Å². The molecule has 2 rings (SSSR count). The molecule has 0 aromatic heterocycles. The van der Waals surface area contributed by atoms with Gasteiger partial charge in [0.25, 0.3) is 0 Å². The van der Waals surface area contributed by atoms with Crippen molar-refractivity contribution in [3.8, 4) is 11.5 Å². The van der Waals surface area contributed by atoms with Gasteiger partial charge in [0.15, 0.2) is 0 Å². The van der Waals surface area contributed by atoms with Crippen molar-refractivity contribution in [2.75, 3.05) is 23.9 Å². The Labute approximate surface area is 152 Å². The van der Waals surface area contributed by atoms with Gasteiger partial charge in [-0.25, -0.2) is 0 Å². The van der Waals surface area contributed by atoms with Gasteiger partial charge in [-0.05, 0) is 48.5 Å². The highest BCUT2D eigenvalue weighted by molar-refractivity contribution is 9.10. The van der Waals surface area contributed by atoms with E-state index in [1.165, 1.54) is 18.9 Å². The maximum Gasteiger partial charge on any atom is 0.315 e. The fourth-order valence-corrected chi connectivity index (χ4v) is 2.64. The summed E-state index contributed by atoms with van der Waals surface area (Å²) in [6, 6.07) is 14.6. The van der Waals surface area contributed by atoms with Crippen LogP contribution in [0.25, 0.3) is 0 Å². The van der Waals surface area contributed by atoms with Crippen molar-refractivity contribution in [1.82, 2.24) is 0 Å². The number of benzene rings is 2. The first kappa shape index (κ1) is 18.4. The second kappa shape index (κ2) is 9.34. The summed E-state index contributed by atoms with van der Waals surface area (Å²) in [5.41, 5.74) is 0.668. The third-order valence-corrected chi connectivity index (χ3v) is 4.30. The van der Waals surface area contributed by atoms with Crippen molar-refractivity contribution in [3.05, 3.63) is 53.0 Å². The molecule has 0 saturated carbocycles. The number of hydrogen-bond acceptors (Lipinski definition) is 5. The predicted molar refractivity (Wildman–Crippen MR) is 98.6 cm³/mol. The molecule has 0 spiro atoms. The van der Waals surface area contributed by atoms with Gasteiger partial charge in [-0.15, -0.1) is 11.8 Å². The fourth-order valence-electron chi connectivity index (χ4n) is 1.73. The Bertz CT molecular complexity index is 689. The average molecular weight is 410 g/mol. The lowest BCUT2D eigenvalue weighted by Gasteiger charge is -2.08. The average Bonchev–Trinajstić information content (AvgIpc) is 2.58. The number of halogens is 1. The van der Waals surface area contributed by atoms with Gasteiger partial charge in [-0.2, -0.15) is 0 Å². The third kappa shape index (κ3) is 6.25. The molecule has 0 heterocycles. The minimum absolute atomic E-state index is 0.157. The highest BCUT2D eigenvalue weighted by atomic mass is 79.9. The monoisotopic (exact) mass is 409 g/mol. The van der Waals surface area contributed by atoms with E-state index in [0.717, 1.165) is 10.2 Å². The van der Waals surface area contributed by atoms with Crippen molar-refractivity contribution in [2.45, 2.75) is 0 Å². The zero-order chi connectivity index (χ0) is 17.4. The van der Waals surface area contributed by atoms with Crippen molar-refractivity contribution < 1.29 is 19.1 Å². The van der Waals surface area contributed by atoms with Crippen LogP contribution in [-0.4, -0.2) is 30.5 Å². The molecule has 7 heteroatoms. The molecule has 0 aliphatic carbocycles. The van der Waals surface area contributed by atoms with Crippen LogP contribution in [-0.2, 0) is 14.3 Å². The van der Waals surface area contributed by atoms with Crippen LogP contribution in [0.2, 0.25) is 0 Å². The molecule has 2 aromatic carbocycles. The molecule has 0 radical (unpaired) electrons. The zero-order valence-electron chi connectivity index (χ0n) is 13.0. The molecule has 0 atom stereocenters. The van der Waals surface area contributed by atoms with Crippen LogP contribution in [0.1, 0.15) is 0 Å². The largest absolute Gasteiger partial charge is 0.468 e. The molecule has 1 amide bonds. The van der Waals surface area contributed by atoms with Crippen molar-refractivity contribution >= 4 is 45.3 Å². The van der Waals surface area contributed by atoms with E-state index in [-0.39, 0.29) is 23.4 Å². The number of hydrogen-bond donors (Lipinski definition) is 1. The van der Waals surface area contributed by atoms with Gasteiger partial charge in [-0.1, -0.05) is 15.9 Å². The molecule has 0 aliphatic heterocycles. The fraction of sp³-hybridized carbons (Fsp3) is 0.176. The Kier molecular flexibility index (Phi) is 7.14. The molecule has 2 aromatic rings. The minimum atomic E-state index is -0.345. The van der Waals surface area contributed by atoms with E-state index in [4.69, 9.17) is 4.74 Å². The van der Waals surface area contributed by atoms with E-state index in [2.05, 4.69) is 26.0 Å². The number of thioether (sulfide) groups is 1. The summed E-state index contributed by atoms with van der Waals surface area (Å²) in [5, 5.41) is 2.76. The number of anilines is 1. The van der Waals surface area contributed by atoms with Crippen LogP contribution in [0.5, 0.6) is 11.5 Å². The Morgan fingerprint density at radius 1 is 1.00 bits per heavy atom. The zero-order valence-corrected chi connectivity index (χ0v) is 15.4. The van der Waals surface area contributed by atoms with E-state index in [9.17, 15) is 9.59 Å². The summed E-state index contributed by atoms with van der Waals surface area (Å²) in [6.45, 7) is 0. The topological polar surface area (TPSA) is 64.6 Å².